The van der Waals surface area contributed by atoms with Crippen LogP contribution in [0, 0.1) is 27.8 Å². The summed E-state index contributed by atoms with van der Waals surface area (Å²) in [6.07, 6.45) is 1.03. The highest BCUT2D eigenvalue weighted by Gasteiger charge is 2.41. The van der Waals surface area contributed by atoms with Gasteiger partial charge in [0.25, 0.3) is 0 Å². The molecule has 1 aliphatic heterocycles. The predicted octanol–water partition coefficient (Wildman–Crippen LogP) is 10.7. The quantitative estimate of drug-likeness (QED) is 0.122. The predicted molar refractivity (Wildman–Crippen MR) is 232 cm³/mol. The van der Waals surface area contributed by atoms with E-state index in [1.165, 1.54) is 6.20 Å². The van der Waals surface area contributed by atoms with Crippen LogP contribution in [0.2, 0.25) is 5.02 Å². The van der Waals surface area contributed by atoms with Gasteiger partial charge >= 0.3 is 6.09 Å². The van der Waals surface area contributed by atoms with Crippen LogP contribution in [0.25, 0.3) is 32.9 Å². The number of hydrogen-bond acceptors (Lipinski definition) is 6. The molecule has 57 heavy (non-hydrogen) atoms. The van der Waals surface area contributed by atoms with Crippen molar-refractivity contribution in [3.63, 3.8) is 0 Å². The minimum absolute atomic E-state index is 0.101. The Labute approximate surface area is 349 Å². The first-order valence-electron chi connectivity index (χ1n) is 18.7. The topological polar surface area (TPSA) is 87.3 Å². The van der Waals surface area contributed by atoms with Crippen molar-refractivity contribution in [1.29, 1.82) is 5.26 Å². The van der Waals surface area contributed by atoms with Crippen LogP contribution in [0.15, 0.2) is 115 Å². The number of piperazine rings is 1. The molecule has 0 aliphatic carbocycles. The van der Waals surface area contributed by atoms with E-state index in [1.807, 2.05) is 99.3 Å². The van der Waals surface area contributed by atoms with Crippen molar-refractivity contribution in [2.45, 2.75) is 38.8 Å². The summed E-state index contributed by atoms with van der Waals surface area (Å²) in [6.45, 7) is 9.01. The molecular weight excluding hydrogens is 850 g/mol. The van der Waals surface area contributed by atoms with E-state index in [0.717, 1.165) is 33.2 Å². The summed E-state index contributed by atoms with van der Waals surface area (Å²) in [6, 6.07) is 38.9. The molecule has 0 N–H and O–H groups in total. The maximum atomic E-state index is 17.5. The van der Waals surface area contributed by atoms with Gasteiger partial charge in [-0.05, 0) is 84.7 Å². The van der Waals surface area contributed by atoms with Crippen LogP contribution in [0.5, 0.6) is 0 Å². The molecule has 286 valence electrons. The number of nitrogens with zero attached hydrogens (tertiary/aromatic N) is 6. The van der Waals surface area contributed by atoms with Gasteiger partial charge in [0.15, 0.2) is 5.82 Å². The Morgan fingerprint density at radius 3 is 1.95 bits per heavy atom. The molecule has 11 heteroatoms. The molecule has 1 saturated heterocycles. The van der Waals surface area contributed by atoms with E-state index in [2.05, 4.69) is 74.7 Å². The van der Waals surface area contributed by atoms with Gasteiger partial charge in [0.1, 0.15) is 26.4 Å². The summed E-state index contributed by atoms with van der Waals surface area (Å²) in [5, 5.41) is 16.9. The lowest BCUT2D eigenvalue weighted by atomic mass is 9.77. The SMILES string of the molecule is Cc1ccc2c(c(I)nn2C(c2ccccc2)(c2ccccc2)c2ccccc2)c1-c1c(Cl)cc2c(N3CCN(C(=O)OC(C)(C)C)CC3)c(C#N)cnc2c1F. The van der Waals surface area contributed by atoms with Crippen molar-refractivity contribution in [2.24, 2.45) is 0 Å². The fourth-order valence-electron chi connectivity index (χ4n) is 8.10. The second-order valence-electron chi connectivity index (χ2n) is 15.2. The smallest absolute Gasteiger partial charge is 0.410 e. The van der Waals surface area contributed by atoms with Gasteiger partial charge in [-0.3, -0.25) is 4.98 Å². The Hall–Kier alpha value is -5.51. The fourth-order valence-corrected chi connectivity index (χ4v) is 9.15. The maximum absolute atomic E-state index is 17.5. The standard InChI is InChI=1S/C46H39ClFIN6O2/c1-29-20-21-36-39(43(49)52-55(36)46(31-14-8-5-9-15-31,32-16-10-6-11-17-32)33-18-12-7-13-19-33)37(29)38-35(47)26-34-41(40(38)48)51-28-30(27-50)42(34)53-22-24-54(25-23-53)44(56)57-45(2,3)4/h5-21,26,28H,22-25H2,1-4H3. The Balaban J connectivity index is 1.32. The number of carbonyl (C=O) groups excluding carboxylic acids is 1. The average molecular weight is 889 g/mol. The zero-order valence-electron chi connectivity index (χ0n) is 31.9. The van der Waals surface area contributed by atoms with Crippen LogP contribution in [-0.4, -0.2) is 57.5 Å². The minimum Gasteiger partial charge on any atom is -0.444 e. The van der Waals surface area contributed by atoms with Crippen LogP contribution in [0.4, 0.5) is 14.9 Å². The van der Waals surface area contributed by atoms with Gasteiger partial charge in [-0.2, -0.15) is 10.4 Å². The van der Waals surface area contributed by atoms with Gasteiger partial charge in [0.05, 0.1) is 21.8 Å². The molecule has 0 spiro atoms. The Morgan fingerprint density at radius 1 is 0.860 bits per heavy atom. The molecule has 0 radical (unpaired) electrons. The summed E-state index contributed by atoms with van der Waals surface area (Å²) >= 11 is 9.47. The number of aryl methyl sites for hydroxylation is 1. The number of aromatic nitrogens is 3. The van der Waals surface area contributed by atoms with Crippen LogP contribution in [0.3, 0.4) is 0 Å². The largest absolute Gasteiger partial charge is 0.444 e. The molecule has 1 aliphatic rings. The highest BCUT2D eigenvalue weighted by molar-refractivity contribution is 14.1. The van der Waals surface area contributed by atoms with Gasteiger partial charge in [0, 0.05) is 54.3 Å². The average Bonchev–Trinajstić information content (AvgIpc) is 3.55. The van der Waals surface area contributed by atoms with E-state index in [1.54, 1.807) is 11.0 Å². The molecule has 0 atom stereocenters. The van der Waals surface area contributed by atoms with Gasteiger partial charge in [-0.25, -0.2) is 13.9 Å². The summed E-state index contributed by atoms with van der Waals surface area (Å²) in [4.78, 5) is 21.0. The molecule has 7 aromatic rings. The number of ether oxygens (including phenoxy) is 1. The number of pyridine rings is 1. The highest BCUT2D eigenvalue weighted by Crippen LogP contribution is 2.47. The molecule has 0 unspecified atom stereocenters. The molecule has 1 fully saturated rings. The number of carbonyl (C=O) groups is 1. The third kappa shape index (κ3) is 6.66. The van der Waals surface area contributed by atoms with Gasteiger partial charge in [0.2, 0.25) is 0 Å². The van der Waals surface area contributed by atoms with Crippen molar-refractivity contribution >= 4 is 67.8 Å². The number of fused-ring (bicyclic) bond motifs is 2. The summed E-state index contributed by atoms with van der Waals surface area (Å²) in [5.41, 5.74) is 4.89. The lowest BCUT2D eigenvalue weighted by Gasteiger charge is -2.37. The zero-order chi connectivity index (χ0) is 40.1. The van der Waals surface area contributed by atoms with Gasteiger partial charge in [-0.1, -0.05) is 109 Å². The van der Waals surface area contributed by atoms with Crippen molar-refractivity contribution in [3.05, 3.63) is 158 Å². The van der Waals surface area contributed by atoms with Crippen molar-refractivity contribution in [2.75, 3.05) is 31.1 Å². The minimum atomic E-state index is -0.901. The second kappa shape index (κ2) is 15.1. The zero-order valence-corrected chi connectivity index (χ0v) is 34.8. The first-order valence-corrected chi connectivity index (χ1v) is 20.2. The van der Waals surface area contributed by atoms with Crippen molar-refractivity contribution < 1.29 is 13.9 Å². The monoisotopic (exact) mass is 888 g/mol. The van der Waals surface area contributed by atoms with Crippen LogP contribution < -0.4 is 4.90 Å². The van der Waals surface area contributed by atoms with E-state index >= 15 is 4.39 Å². The summed E-state index contributed by atoms with van der Waals surface area (Å²) < 4.78 is 25.8. The van der Waals surface area contributed by atoms with E-state index in [9.17, 15) is 10.1 Å². The number of anilines is 1. The molecule has 5 aromatic carbocycles. The Morgan fingerprint density at radius 2 is 1.42 bits per heavy atom. The lowest BCUT2D eigenvalue weighted by molar-refractivity contribution is 0.0240. The first-order chi connectivity index (χ1) is 27.4. The van der Waals surface area contributed by atoms with Crippen molar-refractivity contribution in [1.82, 2.24) is 19.7 Å². The molecule has 8 rings (SSSR count). The van der Waals surface area contributed by atoms with Gasteiger partial charge in [-0.15, -0.1) is 0 Å². The molecule has 8 nitrogen and oxygen atoms in total. The summed E-state index contributed by atoms with van der Waals surface area (Å²) in [7, 11) is 0. The third-order valence-corrected chi connectivity index (χ3v) is 11.6. The van der Waals surface area contributed by atoms with E-state index in [-0.39, 0.29) is 16.1 Å². The number of benzene rings is 5. The highest BCUT2D eigenvalue weighted by atomic mass is 127. The third-order valence-electron chi connectivity index (χ3n) is 10.5. The van der Waals surface area contributed by atoms with E-state index in [0.29, 0.717) is 52.1 Å². The molecule has 3 heterocycles. The fraction of sp³-hybridized carbons (Fsp3) is 0.217. The van der Waals surface area contributed by atoms with Crippen LogP contribution in [-0.2, 0) is 10.3 Å². The van der Waals surface area contributed by atoms with Crippen LogP contribution >= 0.6 is 34.2 Å². The van der Waals surface area contributed by atoms with Crippen molar-refractivity contribution in [3.8, 4) is 17.2 Å². The molecule has 1 amide bonds. The van der Waals surface area contributed by atoms with Crippen LogP contribution in [0.1, 0.15) is 48.6 Å². The molecule has 2 aromatic heterocycles. The number of halogens is 3. The van der Waals surface area contributed by atoms with E-state index < -0.39 is 23.1 Å². The molecular formula is C46H39ClFIN6O2. The van der Waals surface area contributed by atoms with Gasteiger partial charge < -0.3 is 14.5 Å². The number of amides is 1. The lowest BCUT2D eigenvalue weighted by Crippen LogP contribution is -2.50. The number of rotatable bonds is 6. The normalized spacial score (nSPS) is 13.6. The molecule has 0 saturated carbocycles. The first kappa shape index (κ1) is 38.4. The number of hydrogen-bond donors (Lipinski definition) is 0. The molecule has 0 bridgehead atoms. The number of nitriles is 1. The Kier molecular flexibility index (Phi) is 10.2. The summed E-state index contributed by atoms with van der Waals surface area (Å²) in [5.74, 6) is -0.588. The van der Waals surface area contributed by atoms with E-state index in [4.69, 9.17) is 21.4 Å². The Bertz CT molecular complexity index is 2590. The second-order valence-corrected chi connectivity index (χ2v) is 16.6. The maximum Gasteiger partial charge on any atom is 0.410 e.